The minimum absolute atomic E-state index is 0.106. The summed E-state index contributed by atoms with van der Waals surface area (Å²) in [5.74, 6) is 0.348. The number of aliphatic hydroxyl groups is 1. The fourth-order valence-electron chi connectivity index (χ4n) is 1.69. The summed E-state index contributed by atoms with van der Waals surface area (Å²) in [4.78, 5) is 13.1. The number of hydrogen-bond donors (Lipinski definition) is 1. The maximum absolute atomic E-state index is 11.7. The summed E-state index contributed by atoms with van der Waals surface area (Å²) in [5.41, 5.74) is -0.506. The summed E-state index contributed by atoms with van der Waals surface area (Å²) < 4.78 is 5.22. The second kappa shape index (κ2) is 4.00. The van der Waals surface area contributed by atoms with Crippen LogP contribution in [0.25, 0.3) is 0 Å². The van der Waals surface area contributed by atoms with Crippen molar-refractivity contribution in [3.05, 3.63) is 0 Å². The Kier molecular flexibility index (Phi) is 3.28. The van der Waals surface area contributed by atoms with Gasteiger partial charge in [0.2, 0.25) is 0 Å². The van der Waals surface area contributed by atoms with Gasteiger partial charge in [0.15, 0.2) is 0 Å². The van der Waals surface area contributed by atoms with Crippen molar-refractivity contribution in [3.63, 3.8) is 0 Å². The molecule has 1 N–H and O–H groups in total. The second-order valence-electron chi connectivity index (χ2n) is 5.42. The van der Waals surface area contributed by atoms with Crippen molar-refractivity contribution in [2.75, 3.05) is 0 Å². The van der Waals surface area contributed by atoms with Gasteiger partial charge < -0.3 is 9.84 Å². The van der Waals surface area contributed by atoms with Crippen LogP contribution in [0.15, 0.2) is 0 Å². The van der Waals surface area contributed by atoms with E-state index in [9.17, 15) is 9.90 Å². The highest BCUT2D eigenvalue weighted by molar-refractivity contribution is 5.70. The van der Waals surface area contributed by atoms with E-state index in [0.29, 0.717) is 12.3 Å². The first kappa shape index (κ1) is 12.3. The fourth-order valence-corrected chi connectivity index (χ4v) is 1.69. The highest BCUT2D eigenvalue weighted by atomic mass is 16.6. The van der Waals surface area contributed by atoms with E-state index >= 15 is 0 Å². The number of carbonyl (C=O) groups excluding carboxylic acids is 1. The van der Waals surface area contributed by atoms with E-state index in [1.54, 1.807) is 0 Å². The van der Waals surface area contributed by atoms with Gasteiger partial charge in [-0.3, -0.25) is 4.90 Å². The van der Waals surface area contributed by atoms with Crippen molar-refractivity contribution in [2.45, 2.75) is 58.9 Å². The average Bonchev–Trinajstić information content (AvgIpc) is 1.94. The molecule has 0 aromatic rings. The Bertz CT molecular complexity index is 245. The topological polar surface area (TPSA) is 49.8 Å². The quantitative estimate of drug-likeness (QED) is 0.727. The molecule has 1 heterocycles. The van der Waals surface area contributed by atoms with Crippen LogP contribution in [-0.2, 0) is 4.74 Å². The van der Waals surface area contributed by atoms with Crippen LogP contribution in [0, 0.1) is 5.92 Å². The van der Waals surface area contributed by atoms with E-state index in [1.807, 2.05) is 34.6 Å². The maximum atomic E-state index is 11.7. The Morgan fingerprint density at radius 3 is 2.33 bits per heavy atom. The van der Waals surface area contributed by atoms with Gasteiger partial charge in [-0.2, -0.15) is 0 Å². The lowest BCUT2D eigenvalue weighted by molar-refractivity contribution is -0.126. The Labute approximate surface area is 91.2 Å². The van der Waals surface area contributed by atoms with Crippen LogP contribution >= 0.6 is 0 Å². The third-order valence-corrected chi connectivity index (χ3v) is 2.50. The Hall–Kier alpha value is -0.770. The summed E-state index contributed by atoms with van der Waals surface area (Å²) >= 11 is 0. The van der Waals surface area contributed by atoms with Crippen LogP contribution in [0.3, 0.4) is 0 Å². The highest BCUT2D eigenvalue weighted by Crippen LogP contribution is 2.31. The smallest absolute Gasteiger partial charge is 0.412 e. The van der Waals surface area contributed by atoms with Gasteiger partial charge in [-0.1, -0.05) is 13.8 Å². The van der Waals surface area contributed by atoms with Gasteiger partial charge in [-0.15, -0.1) is 0 Å². The molecule has 2 unspecified atom stereocenters. The monoisotopic (exact) mass is 215 g/mol. The Morgan fingerprint density at radius 1 is 1.47 bits per heavy atom. The number of nitrogens with zero attached hydrogens (tertiary/aromatic N) is 1. The van der Waals surface area contributed by atoms with E-state index in [0.717, 1.165) is 0 Å². The lowest BCUT2D eigenvalue weighted by atomic mass is 9.91. The standard InChI is InChI=1S/C11H21NO3/c1-7(2)8-6-9(13)12(8)10(14)15-11(3,4)5/h7-9,13H,6H2,1-5H3. The number of aliphatic hydroxyl groups excluding tert-OH is 1. The molecule has 4 heteroatoms. The lowest BCUT2D eigenvalue weighted by Gasteiger charge is -2.47. The number of ether oxygens (including phenoxy) is 1. The molecule has 0 aliphatic carbocycles. The van der Waals surface area contributed by atoms with Crippen molar-refractivity contribution >= 4 is 6.09 Å². The number of rotatable bonds is 1. The lowest BCUT2D eigenvalue weighted by Crippen LogP contribution is -2.61. The van der Waals surface area contributed by atoms with Gasteiger partial charge in [-0.05, 0) is 26.7 Å². The highest BCUT2D eigenvalue weighted by Gasteiger charge is 2.44. The molecule has 2 atom stereocenters. The molecule has 0 spiro atoms. The molecular weight excluding hydrogens is 194 g/mol. The molecule has 1 amide bonds. The zero-order valence-corrected chi connectivity index (χ0v) is 10.2. The van der Waals surface area contributed by atoms with E-state index in [1.165, 1.54) is 4.90 Å². The zero-order chi connectivity index (χ0) is 11.8. The molecule has 15 heavy (non-hydrogen) atoms. The van der Waals surface area contributed by atoms with Crippen LogP contribution in [0.4, 0.5) is 4.79 Å². The van der Waals surface area contributed by atoms with Crippen molar-refractivity contribution in [1.82, 2.24) is 4.90 Å². The number of hydrogen-bond acceptors (Lipinski definition) is 3. The van der Waals surface area contributed by atoms with Crippen LogP contribution in [0.5, 0.6) is 0 Å². The van der Waals surface area contributed by atoms with Crippen LogP contribution in [0.2, 0.25) is 0 Å². The summed E-state index contributed by atoms with van der Waals surface area (Å²) in [6.45, 7) is 9.53. The molecule has 0 saturated carbocycles. The van der Waals surface area contributed by atoms with Crippen LogP contribution in [0.1, 0.15) is 41.0 Å². The number of likely N-dealkylation sites (tertiary alicyclic amines) is 1. The summed E-state index contributed by atoms with van der Waals surface area (Å²) in [6.07, 6.45) is -0.441. The maximum Gasteiger partial charge on any atom is 0.412 e. The molecule has 0 aromatic carbocycles. The van der Waals surface area contributed by atoms with Gasteiger partial charge in [-0.25, -0.2) is 4.79 Å². The molecule has 1 aliphatic heterocycles. The second-order valence-corrected chi connectivity index (χ2v) is 5.42. The predicted octanol–water partition coefficient (Wildman–Crippen LogP) is 1.97. The summed E-state index contributed by atoms with van der Waals surface area (Å²) in [7, 11) is 0. The third-order valence-electron chi connectivity index (χ3n) is 2.50. The van der Waals surface area contributed by atoms with Crippen molar-refractivity contribution in [3.8, 4) is 0 Å². The molecule has 1 aliphatic rings. The first-order valence-corrected chi connectivity index (χ1v) is 5.42. The minimum atomic E-state index is -0.674. The van der Waals surface area contributed by atoms with Crippen LogP contribution < -0.4 is 0 Å². The summed E-state index contributed by atoms with van der Waals surface area (Å²) in [6, 6.07) is 0.106. The molecule has 4 nitrogen and oxygen atoms in total. The molecular formula is C11H21NO3. The van der Waals surface area contributed by atoms with Gasteiger partial charge >= 0.3 is 6.09 Å². The minimum Gasteiger partial charge on any atom is -0.444 e. The average molecular weight is 215 g/mol. The van der Waals surface area contributed by atoms with E-state index < -0.39 is 17.9 Å². The molecule has 1 fully saturated rings. The molecule has 1 saturated heterocycles. The number of amides is 1. The van der Waals surface area contributed by atoms with Gasteiger partial charge in [0.25, 0.3) is 0 Å². The van der Waals surface area contributed by atoms with Gasteiger partial charge in [0.1, 0.15) is 11.8 Å². The fraction of sp³-hybridized carbons (Fsp3) is 0.909. The zero-order valence-electron chi connectivity index (χ0n) is 10.2. The molecule has 0 radical (unpaired) electrons. The van der Waals surface area contributed by atoms with Crippen molar-refractivity contribution in [1.29, 1.82) is 0 Å². The van der Waals surface area contributed by atoms with Gasteiger partial charge in [0, 0.05) is 12.5 Å². The Morgan fingerprint density at radius 2 is 2.00 bits per heavy atom. The molecule has 88 valence electrons. The first-order valence-electron chi connectivity index (χ1n) is 5.42. The van der Waals surface area contributed by atoms with E-state index in [-0.39, 0.29) is 6.04 Å². The first-order chi connectivity index (χ1) is 6.72. The predicted molar refractivity (Wildman–Crippen MR) is 57.3 cm³/mol. The van der Waals surface area contributed by atoms with Crippen LogP contribution in [-0.4, -0.2) is 34.0 Å². The molecule has 1 rings (SSSR count). The third kappa shape index (κ3) is 2.84. The van der Waals surface area contributed by atoms with E-state index in [2.05, 4.69) is 0 Å². The Balaban J connectivity index is 2.59. The largest absolute Gasteiger partial charge is 0.444 e. The normalized spacial score (nSPS) is 26.5. The number of carbonyl (C=O) groups is 1. The van der Waals surface area contributed by atoms with Crippen molar-refractivity contribution < 1.29 is 14.6 Å². The van der Waals surface area contributed by atoms with E-state index in [4.69, 9.17) is 4.74 Å². The molecule has 0 bridgehead atoms. The SMILES string of the molecule is CC(C)C1CC(O)N1C(=O)OC(C)(C)C. The molecule has 0 aromatic heterocycles. The van der Waals surface area contributed by atoms with Gasteiger partial charge in [0.05, 0.1) is 0 Å². The van der Waals surface area contributed by atoms with Crippen molar-refractivity contribution in [2.24, 2.45) is 5.92 Å². The summed E-state index contributed by atoms with van der Waals surface area (Å²) in [5, 5.41) is 9.52.